The van der Waals surface area contributed by atoms with Gasteiger partial charge in [0.05, 0.1) is 17.1 Å². The van der Waals surface area contributed by atoms with Gasteiger partial charge in [0.25, 0.3) is 5.91 Å². The lowest BCUT2D eigenvalue weighted by Gasteiger charge is -2.19. The molecule has 3 amide bonds. The van der Waals surface area contributed by atoms with Gasteiger partial charge in [-0.15, -0.1) is 0 Å². The highest BCUT2D eigenvalue weighted by Gasteiger charge is 2.34. The number of carbonyl (C=O) groups excluding carboxylic acids is 2. The smallest absolute Gasteiger partial charge is 0.328 e. The van der Waals surface area contributed by atoms with Gasteiger partial charge in [0.2, 0.25) is 5.75 Å². The van der Waals surface area contributed by atoms with E-state index in [2.05, 4.69) is 5.32 Å². The number of carbonyl (C=O) groups is 2. The molecule has 0 saturated heterocycles. The third-order valence-electron chi connectivity index (χ3n) is 2.83. The van der Waals surface area contributed by atoms with E-state index in [1.807, 2.05) is 0 Å². The summed E-state index contributed by atoms with van der Waals surface area (Å²) in [6.07, 6.45) is 0. The van der Waals surface area contributed by atoms with Crippen molar-refractivity contribution in [3.05, 3.63) is 26.8 Å². The number of methoxy groups -OCH3 is 1. The van der Waals surface area contributed by atoms with Crippen LogP contribution < -0.4 is 10.1 Å². The number of aromatic hydroxyl groups is 1. The van der Waals surface area contributed by atoms with Crippen LogP contribution in [-0.4, -0.2) is 47.1 Å². The molecule has 10 heteroatoms. The van der Waals surface area contributed by atoms with Crippen molar-refractivity contribution >= 4 is 29.2 Å². The fourth-order valence-electron chi connectivity index (χ4n) is 1.74. The highest BCUT2D eigenvalue weighted by molar-refractivity contribution is 6.35. The Morgan fingerprint density at radius 1 is 1.48 bits per heavy atom. The van der Waals surface area contributed by atoms with Crippen molar-refractivity contribution in [3.8, 4) is 11.5 Å². The number of hydrogen-bond donors (Lipinski definition) is 2. The van der Waals surface area contributed by atoms with Gasteiger partial charge in [-0.3, -0.25) is 19.8 Å². The van der Waals surface area contributed by atoms with Crippen LogP contribution in [0.5, 0.6) is 11.5 Å². The summed E-state index contributed by atoms with van der Waals surface area (Å²) in [5.74, 6) is -2.13. The molecule has 23 heavy (non-hydrogen) atoms. The van der Waals surface area contributed by atoms with E-state index in [1.165, 1.54) is 7.11 Å². The molecular weight excluding hydrogens is 330 g/mol. The maximum Gasteiger partial charge on any atom is 0.328 e. The number of halogens is 1. The molecule has 0 aliphatic heterocycles. The number of nitro benzene ring substituents is 1. The van der Waals surface area contributed by atoms with Crippen molar-refractivity contribution in [2.24, 2.45) is 0 Å². The van der Waals surface area contributed by atoms with Crippen LogP contribution in [0.1, 0.15) is 24.2 Å². The predicted octanol–water partition coefficient (Wildman–Crippen LogP) is 2.15. The van der Waals surface area contributed by atoms with Crippen molar-refractivity contribution in [1.29, 1.82) is 0 Å². The summed E-state index contributed by atoms with van der Waals surface area (Å²) in [5.41, 5.74) is -1.53. The van der Waals surface area contributed by atoms with Crippen LogP contribution in [0.4, 0.5) is 10.5 Å². The van der Waals surface area contributed by atoms with E-state index in [-0.39, 0.29) is 16.8 Å². The molecule has 0 radical (unpaired) electrons. The summed E-state index contributed by atoms with van der Waals surface area (Å²) >= 11 is 5.90. The Morgan fingerprint density at radius 3 is 2.48 bits per heavy atom. The van der Waals surface area contributed by atoms with Crippen molar-refractivity contribution < 1.29 is 24.4 Å². The molecular formula is C13H16ClN3O6. The monoisotopic (exact) mass is 345 g/mol. The van der Waals surface area contributed by atoms with Gasteiger partial charge in [0.1, 0.15) is 5.56 Å². The van der Waals surface area contributed by atoms with E-state index in [4.69, 9.17) is 16.3 Å². The van der Waals surface area contributed by atoms with Crippen LogP contribution >= 0.6 is 11.6 Å². The first-order valence-electron chi connectivity index (χ1n) is 6.44. The van der Waals surface area contributed by atoms with Crippen molar-refractivity contribution in [1.82, 2.24) is 10.2 Å². The number of imide groups is 1. The SMILES string of the molecule is COc1cc(Cl)c(C(=O)N(C)C(=O)NC(C)C)c([N+](=O)[O-])c1O. The van der Waals surface area contributed by atoms with E-state index in [9.17, 15) is 24.8 Å². The molecule has 0 heterocycles. The Labute approximate surface area is 136 Å². The van der Waals surface area contributed by atoms with Gasteiger partial charge in [-0.25, -0.2) is 4.79 Å². The molecule has 0 aliphatic carbocycles. The number of benzene rings is 1. The number of nitrogens with one attached hydrogen (secondary N) is 1. The standard InChI is InChI=1S/C13H16ClN3O6/c1-6(2)15-13(20)16(3)12(19)9-7(14)5-8(23-4)11(18)10(9)17(21)22/h5-6,18H,1-4H3,(H,15,20). The third kappa shape index (κ3) is 3.81. The maximum absolute atomic E-state index is 12.4. The second kappa shape index (κ2) is 7.14. The van der Waals surface area contributed by atoms with Crippen molar-refractivity contribution in [3.63, 3.8) is 0 Å². The van der Waals surface area contributed by atoms with E-state index in [0.717, 1.165) is 13.1 Å². The van der Waals surface area contributed by atoms with Crippen LogP contribution in [0.15, 0.2) is 6.07 Å². The number of rotatable bonds is 4. The Balaban J connectivity index is 3.42. The summed E-state index contributed by atoms with van der Waals surface area (Å²) < 4.78 is 4.77. The highest BCUT2D eigenvalue weighted by Crippen LogP contribution is 2.43. The zero-order valence-electron chi connectivity index (χ0n) is 12.9. The van der Waals surface area contributed by atoms with Gasteiger partial charge in [0.15, 0.2) is 5.75 Å². The fraction of sp³-hybridized carbons (Fsp3) is 0.385. The van der Waals surface area contributed by atoms with Crippen LogP contribution in [-0.2, 0) is 0 Å². The summed E-state index contributed by atoms with van der Waals surface area (Å²) in [6, 6.07) is 0.0591. The molecule has 0 fully saturated rings. The molecule has 0 aliphatic rings. The van der Waals surface area contributed by atoms with Crippen LogP contribution in [0.2, 0.25) is 5.02 Å². The summed E-state index contributed by atoms with van der Waals surface area (Å²) in [6.45, 7) is 3.37. The molecule has 0 spiro atoms. The molecule has 9 nitrogen and oxygen atoms in total. The normalized spacial score (nSPS) is 10.3. The van der Waals surface area contributed by atoms with E-state index in [1.54, 1.807) is 13.8 Å². The van der Waals surface area contributed by atoms with E-state index in [0.29, 0.717) is 4.90 Å². The lowest BCUT2D eigenvalue weighted by molar-refractivity contribution is -0.386. The zero-order chi connectivity index (χ0) is 17.9. The van der Waals surface area contributed by atoms with E-state index >= 15 is 0 Å². The summed E-state index contributed by atoms with van der Waals surface area (Å²) in [5, 5.41) is 23.2. The van der Waals surface area contributed by atoms with E-state index < -0.39 is 33.9 Å². The maximum atomic E-state index is 12.4. The van der Waals surface area contributed by atoms with Gasteiger partial charge in [-0.05, 0) is 13.8 Å². The first-order chi connectivity index (χ1) is 10.6. The minimum atomic E-state index is -1.03. The third-order valence-corrected chi connectivity index (χ3v) is 3.13. The minimum absolute atomic E-state index is 0.243. The van der Waals surface area contributed by atoms with Gasteiger partial charge in [-0.1, -0.05) is 11.6 Å². The van der Waals surface area contributed by atoms with Gasteiger partial charge in [0, 0.05) is 19.2 Å². The summed E-state index contributed by atoms with van der Waals surface area (Å²) in [7, 11) is 2.32. The first kappa shape index (κ1) is 18.5. The number of hydrogen-bond acceptors (Lipinski definition) is 6. The number of phenols is 1. The predicted molar refractivity (Wildman–Crippen MR) is 82.1 cm³/mol. The van der Waals surface area contributed by atoms with Crippen LogP contribution in [0.25, 0.3) is 0 Å². The number of nitro groups is 1. The van der Waals surface area contributed by atoms with Crippen LogP contribution in [0, 0.1) is 10.1 Å². The Kier molecular flexibility index (Phi) is 5.74. The van der Waals surface area contributed by atoms with Gasteiger partial charge in [-0.2, -0.15) is 0 Å². The lowest BCUT2D eigenvalue weighted by atomic mass is 10.1. The number of nitrogens with zero attached hydrogens (tertiary/aromatic N) is 2. The first-order valence-corrected chi connectivity index (χ1v) is 6.82. The molecule has 1 rings (SSSR count). The lowest BCUT2D eigenvalue weighted by Crippen LogP contribution is -2.44. The highest BCUT2D eigenvalue weighted by atomic mass is 35.5. The average molecular weight is 346 g/mol. The second-order valence-corrected chi connectivity index (χ2v) is 5.27. The average Bonchev–Trinajstić information content (AvgIpc) is 2.45. The molecule has 1 aromatic carbocycles. The molecule has 0 unspecified atom stereocenters. The molecule has 0 aromatic heterocycles. The van der Waals surface area contributed by atoms with Gasteiger partial charge >= 0.3 is 11.7 Å². The quantitative estimate of drug-likeness (QED) is 0.636. The zero-order valence-corrected chi connectivity index (χ0v) is 13.7. The Morgan fingerprint density at radius 2 is 2.04 bits per heavy atom. The van der Waals surface area contributed by atoms with Gasteiger partial charge < -0.3 is 15.2 Å². The second-order valence-electron chi connectivity index (χ2n) is 4.86. The Hall–Kier alpha value is -2.55. The molecule has 1 aromatic rings. The molecule has 0 saturated carbocycles. The topological polar surface area (TPSA) is 122 Å². The number of amides is 3. The largest absolute Gasteiger partial charge is 0.499 e. The summed E-state index contributed by atoms with van der Waals surface area (Å²) in [4.78, 5) is 35.1. The number of ether oxygens (including phenoxy) is 1. The molecule has 0 bridgehead atoms. The minimum Gasteiger partial charge on any atom is -0.499 e. The number of urea groups is 1. The fourth-order valence-corrected chi connectivity index (χ4v) is 2.01. The van der Waals surface area contributed by atoms with Crippen LogP contribution in [0.3, 0.4) is 0 Å². The molecule has 2 N–H and O–H groups in total. The van der Waals surface area contributed by atoms with Crippen molar-refractivity contribution in [2.75, 3.05) is 14.2 Å². The number of phenolic OH excluding ortho intramolecular Hbond substituents is 1. The van der Waals surface area contributed by atoms with Crippen molar-refractivity contribution in [2.45, 2.75) is 19.9 Å². The molecule has 126 valence electrons. The molecule has 0 atom stereocenters. The Bertz CT molecular complexity index is 662.